The number of aromatic nitrogens is 4. The zero-order valence-corrected chi connectivity index (χ0v) is 25.2. The smallest absolute Gasteiger partial charge is 0.410 e. The van der Waals surface area contributed by atoms with Crippen LogP contribution in [0.2, 0.25) is 0 Å². The summed E-state index contributed by atoms with van der Waals surface area (Å²) < 4.78 is 25.5. The molecule has 2 unspecified atom stereocenters. The molecule has 0 aromatic carbocycles. The van der Waals surface area contributed by atoms with E-state index in [9.17, 15) is 14.0 Å². The Morgan fingerprint density at radius 3 is 2.66 bits per heavy atom. The van der Waals surface area contributed by atoms with Crippen molar-refractivity contribution in [2.75, 3.05) is 11.9 Å². The third-order valence-electron chi connectivity index (χ3n) is 6.76. The Morgan fingerprint density at radius 1 is 1.17 bits per heavy atom. The van der Waals surface area contributed by atoms with Crippen molar-refractivity contribution >= 4 is 39.6 Å². The molecule has 3 aromatic heterocycles. The minimum absolute atomic E-state index is 0.118. The van der Waals surface area contributed by atoms with Gasteiger partial charge in [-0.2, -0.15) is 0 Å². The molecule has 2 atom stereocenters. The highest BCUT2D eigenvalue weighted by Gasteiger charge is 2.38. The van der Waals surface area contributed by atoms with Gasteiger partial charge < -0.3 is 19.7 Å². The third kappa shape index (κ3) is 8.08. The highest BCUT2D eigenvalue weighted by Crippen LogP contribution is 2.32. The second kappa shape index (κ2) is 13.5. The van der Waals surface area contributed by atoms with Gasteiger partial charge >= 0.3 is 12.1 Å². The van der Waals surface area contributed by atoms with Crippen molar-refractivity contribution in [2.45, 2.75) is 104 Å². The second-order valence-corrected chi connectivity index (χ2v) is 12.3. The Labute approximate surface area is 244 Å². The van der Waals surface area contributed by atoms with Gasteiger partial charge in [-0.05, 0) is 65.0 Å². The van der Waals surface area contributed by atoms with Crippen LogP contribution in [0.15, 0.2) is 18.6 Å². The fourth-order valence-corrected chi connectivity index (χ4v) is 6.01. The van der Waals surface area contributed by atoms with Gasteiger partial charge in [0.2, 0.25) is 0 Å². The molecule has 1 N–H and O–H groups in total. The van der Waals surface area contributed by atoms with E-state index in [4.69, 9.17) is 14.5 Å². The highest BCUT2D eigenvalue weighted by atomic mass is 32.1. The number of amides is 1. The van der Waals surface area contributed by atoms with E-state index in [1.165, 1.54) is 23.7 Å². The maximum Gasteiger partial charge on any atom is 0.410 e. The van der Waals surface area contributed by atoms with Crippen LogP contribution in [-0.4, -0.2) is 61.2 Å². The van der Waals surface area contributed by atoms with E-state index in [0.29, 0.717) is 34.7 Å². The third-order valence-corrected chi connectivity index (χ3v) is 7.75. The van der Waals surface area contributed by atoms with Crippen LogP contribution in [-0.2, 0) is 33.7 Å². The van der Waals surface area contributed by atoms with Crippen LogP contribution in [0.25, 0.3) is 10.3 Å². The first-order chi connectivity index (χ1) is 19.6. The van der Waals surface area contributed by atoms with Gasteiger partial charge in [-0.25, -0.2) is 24.1 Å². The molecule has 0 saturated carbocycles. The molecule has 0 spiro atoms. The van der Waals surface area contributed by atoms with Gasteiger partial charge in [-0.15, -0.1) is 0 Å². The maximum absolute atomic E-state index is 14.6. The molecule has 1 saturated heterocycles. The highest BCUT2D eigenvalue weighted by molar-refractivity contribution is 7.18. The molecule has 4 rings (SSSR count). The van der Waals surface area contributed by atoms with E-state index >= 15 is 0 Å². The van der Waals surface area contributed by atoms with Crippen molar-refractivity contribution in [1.82, 2.24) is 24.8 Å². The number of hydrogen-bond donors (Lipinski definition) is 1. The van der Waals surface area contributed by atoms with Gasteiger partial charge in [-0.1, -0.05) is 24.7 Å². The van der Waals surface area contributed by atoms with Gasteiger partial charge in [0.15, 0.2) is 5.82 Å². The molecule has 0 aliphatic carbocycles. The van der Waals surface area contributed by atoms with Crippen LogP contribution >= 0.6 is 11.3 Å². The number of carbonyl (C=O) groups is 2. The summed E-state index contributed by atoms with van der Waals surface area (Å²) in [5.41, 5.74) is 1.08. The van der Waals surface area contributed by atoms with Crippen LogP contribution in [0.1, 0.15) is 83.0 Å². The zero-order chi connectivity index (χ0) is 29.6. The number of ether oxygens (including phenoxy) is 2. The zero-order valence-electron chi connectivity index (χ0n) is 24.4. The summed E-state index contributed by atoms with van der Waals surface area (Å²) in [7, 11) is 0. The van der Waals surface area contributed by atoms with Crippen molar-refractivity contribution in [2.24, 2.45) is 0 Å². The molecular formula is C29H39FN6O4S. The number of fused-ring (bicyclic) bond motifs is 1. The van der Waals surface area contributed by atoms with E-state index in [0.717, 1.165) is 36.3 Å². The van der Waals surface area contributed by atoms with Crippen LogP contribution in [0, 0.1) is 5.82 Å². The lowest BCUT2D eigenvalue weighted by Crippen LogP contribution is -2.53. The van der Waals surface area contributed by atoms with Crippen LogP contribution in [0.3, 0.4) is 0 Å². The fourth-order valence-electron chi connectivity index (χ4n) is 5.04. The Hall–Kier alpha value is -3.41. The average molecular weight is 587 g/mol. The molecule has 1 fully saturated rings. The maximum atomic E-state index is 14.6. The van der Waals surface area contributed by atoms with Crippen LogP contribution in [0.5, 0.6) is 0 Å². The Bertz CT molecular complexity index is 1360. The molecule has 1 aliphatic heterocycles. The van der Waals surface area contributed by atoms with E-state index in [2.05, 4.69) is 20.3 Å². The van der Waals surface area contributed by atoms with Crippen molar-refractivity contribution in [3.8, 4) is 0 Å². The largest absolute Gasteiger partial charge is 0.466 e. The van der Waals surface area contributed by atoms with Crippen LogP contribution < -0.4 is 5.32 Å². The van der Waals surface area contributed by atoms with E-state index in [1.807, 2.05) is 27.7 Å². The topological polar surface area (TPSA) is 119 Å². The number of nitrogens with zero attached hydrogens (tertiary/aromatic N) is 5. The lowest BCUT2D eigenvalue weighted by atomic mass is 9.92. The fraction of sp³-hybridized carbons (Fsp3) is 0.586. The number of aryl methyl sites for hydroxylation is 1. The average Bonchev–Trinajstić information content (AvgIpc) is 3.31. The molecule has 3 aromatic rings. The minimum Gasteiger partial charge on any atom is -0.466 e. The summed E-state index contributed by atoms with van der Waals surface area (Å²) >= 11 is 1.43. The summed E-state index contributed by atoms with van der Waals surface area (Å²) in [4.78, 5) is 45.9. The Morgan fingerprint density at radius 2 is 1.95 bits per heavy atom. The van der Waals surface area contributed by atoms with E-state index in [1.54, 1.807) is 18.0 Å². The number of nitrogens with one attached hydrogen (secondary N) is 1. The quantitative estimate of drug-likeness (QED) is 0.292. The van der Waals surface area contributed by atoms with Gasteiger partial charge in [-0.3, -0.25) is 9.78 Å². The lowest BCUT2D eigenvalue weighted by Gasteiger charge is -2.42. The lowest BCUT2D eigenvalue weighted by molar-refractivity contribution is -0.145. The number of pyridine rings is 1. The Kier molecular flexibility index (Phi) is 10.1. The van der Waals surface area contributed by atoms with Crippen molar-refractivity contribution in [3.05, 3.63) is 40.7 Å². The molecule has 12 heteroatoms. The standard InChI is InChI=1S/C29H39FN6O4S/c1-6-9-18-12-21(30)22(31-15-18)16-32-26-25-27(34-17-33-26)41-23(35-25)13-19-10-8-11-20(14-24(37)39-7-2)36(19)28(38)40-29(3,4)5/h12,15,17,19-20H,6-11,13-14,16H2,1-5H3,(H,32,33,34). The first-order valence-corrected chi connectivity index (χ1v) is 15.0. The summed E-state index contributed by atoms with van der Waals surface area (Å²) in [6.45, 7) is 9.73. The molecule has 41 heavy (non-hydrogen) atoms. The summed E-state index contributed by atoms with van der Waals surface area (Å²) in [5, 5.41) is 3.95. The number of piperidine rings is 1. The number of halogens is 1. The molecule has 1 aliphatic rings. The van der Waals surface area contributed by atoms with Gasteiger partial charge in [0.1, 0.15) is 28.1 Å². The number of anilines is 1. The SMILES string of the molecule is CCCc1cnc(CNc2ncnc3sc(CC4CCCC(CC(=O)OCC)N4C(=O)OC(C)(C)C)nc23)c(F)c1. The molecule has 4 heterocycles. The van der Waals surface area contributed by atoms with Gasteiger partial charge in [0.25, 0.3) is 0 Å². The number of hydrogen-bond acceptors (Lipinski definition) is 10. The number of rotatable bonds is 10. The summed E-state index contributed by atoms with van der Waals surface area (Å²) in [6, 6.07) is 1.00. The molecule has 10 nitrogen and oxygen atoms in total. The Balaban J connectivity index is 1.53. The molecule has 222 valence electrons. The monoisotopic (exact) mass is 586 g/mol. The van der Waals surface area contributed by atoms with E-state index < -0.39 is 11.7 Å². The van der Waals surface area contributed by atoms with Crippen molar-refractivity contribution in [3.63, 3.8) is 0 Å². The molecule has 0 bridgehead atoms. The number of thiazole rings is 1. The second-order valence-electron chi connectivity index (χ2n) is 11.2. The molecule has 0 radical (unpaired) electrons. The number of carbonyl (C=O) groups excluding carboxylic acids is 2. The van der Waals surface area contributed by atoms with E-state index in [-0.39, 0.29) is 43.4 Å². The van der Waals surface area contributed by atoms with Crippen molar-refractivity contribution < 1.29 is 23.5 Å². The predicted octanol–water partition coefficient (Wildman–Crippen LogP) is 5.84. The minimum atomic E-state index is -0.676. The van der Waals surface area contributed by atoms with Gasteiger partial charge in [0, 0.05) is 24.7 Å². The van der Waals surface area contributed by atoms with Crippen molar-refractivity contribution in [1.29, 1.82) is 0 Å². The first-order valence-electron chi connectivity index (χ1n) is 14.2. The first kappa shape index (κ1) is 30.5. The summed E-state index contributed by atoms with van der Waals surface area (Å²) in [6.07, 6.45) is 7.32. The van der Waals surface area contributed by atoms with Gasteiger partial charge in [0.05, 0.1) is 30.3 Å². The predicted molar refractivity (Wildman–Crippen MR) is 155 cm³/mol. The number of likely N-dealkylation sites (tertiary alicyclic amines) is 1. The summed E-state index contributed by atoms with van der Waals surface area (Å²) in [5.74, 6) is -0.197. The van der Waals surface area contributed by atoms with Crippen LogP contribution in [0.4, 0.5) is 15.0 Å². The number of esters is 1. The molecule has 1 amide bonds. The molecular weight excluding hydrogens is 547 g/mol. The normalized spacial score (nSPS) is 17.5.